The number of hydrogen-bond donors (Lipinski definition) is 1. The molecule has 1 N–H and O–H groups in total. The zero-order valence-corrected chi connectivity index (χ0v) is 16.2. The van der Waals surface area contributed by atoms with Crippen molar-refractivity contribution in [1.82, 2.24) is 4.57 Å². The molecule has 3 aromatic rings. The number of pyridine rings is 1. The summed E-state index contributed by atoms with van der Waals surface area (Å²) in [5, 5.41) is 28.1. The van der Waals surface area contributed by atoms with Gasteiger partial charge in [0.25, 0.3) is 5.56 Å². The van der Waals surface area contributed by atoms with Crippen LogP contribution in [0.2, 0.25) is 0 Å². The number of nitriles is 1. The summed E-state index contributed by atoms with van der Waals surface area (Å²) in [7, 11) is 0. The second kappa shape index (κ2) is 8.85. The number of ether oxygens (including phenoxy) is 1. The van der Waals surface area contributed by atoms with E-state index in [9.17, 15) is 15.2 Å². The number of azo groups is 1. The highest BCUT2D eigenvalue weighted by Crippen LogP contribution is 2.27. The van der Waals surface area contributed by atoms with Crippen molar-refractivity contribution < 1.29 is 9.84 Å². The molecule has 146 valence electrons. The Morgan fingerprint density at radius 2 is 1.79 bits per heavy atom. The fourth-order valence-corrected chi connectivity index (χ4v) is 2.85. The summed E-state index contributed by atoms with van der Waals surface area (Å²) in [5.41, 5.74) is 1.14. The summed E-state index contributed by atoms with van der Waals surface area (Å²) in [6.45, 7) is 4.14. The zero-order valence-electron chi connectivity index (χ0n) is 16.2. The van der Waals surface area contributed by atoms with Crippen molar-refractivity contribution in [2.24, 2.45) is 10.2 Å². The lowest BCUT2D eigenvalue weighted by Crippen LogP contribution is -2.22. The van der Waals surface area contributed by atoms with Crippen molar-refractivity contribution in [2.45, 2.75) is 20.4 Å². The summed E-state index contributed by atoms with van der Waals surface area (Å²) in [4.78, 5) is 13.0. The van der Waals surface area contributed by atoms with Crippen LogP contribution in [-0.2, 0) is 6.54 Å². The summed E-state index contributed by atoms with van der Waals surface area (Å²) >= 11 is 0. The molecule has 0 spiro atoms. The van der Waals surface area contributed by atoms with Gasteiger partial charge < -0.3 is 9.84 Å². The third kappa shape index (κ3) is 4.33. The summed E-state index contributed by atoms with van der Waals surface area (Å²) in [5.74, 6) is 0.336. The van der Waals surface area contributed by atoms with Crippen LogP contribution in [0, 0.1) is 18.3 Å². The number of hydrogen-bond acceptors (Lipinski definition) is 6. The average Bonchev–Trinajstić information content (AvgIpc) is 2.73. The van der Waals surface area contributed by atoms with Gasteiger partial charge in [0.15, 0.2) is 5.69 Å². The molecule has 0 saturated heterocycles. The lowest BCUT2D eigenvalue weighted by Gasteiger charge is -2.13. The van der Waals surface area contributed by atoms with Gasteiger partial charge in [-0.3, -0.25) is 9.36 Å². The molecule has 3 rings (SSSR count). The molecule has 7 heteroatoms. The maximum atomic E-state index is 13.0. The molecule has 2 aromatic carbocycles. The van der Waals surface area contributed by atoms with Crippen LogP contribution in [-0.4, -0.2) is 16.3 Å². The largest absolute Gasteiger partial charge is 0.494 e. The fraction of sp³-hybridized carbons (Fsp3) is 0.182. The number of aromatic nitrogens is 1. The van der Waals surface area contributed by atoms with E-state index in [4.69, 9.17) is 4.74 Å². The molecule has 0 bridgehead atoms. The van der Waals surface area contributed by atoms with Crippen LogP contribution in [0.5, 0.6) is 11.6 Å². The van der Waals surface area contributed by atoms with Crippen LogP contribution in [0.15, 0.2) is 69.6 Å². The molecule has 7 nitrogen and oxygen atoms in total. The summed E-state index contributed by atoms with van der Waals surface area (Å²) in [6, 6.07) is 18.1. The van der Waals surface area contributed by atoms with E-state index in [-0.39, 0.29) is 29.2 Å². The van der Waals surface area contributed by atoms with Gasteiger partial charge in [-0.25, -0.2) is 0 Å². The second-order valence-electron chi connectivity index (χ2n) is 6.29. The van der Waals surface area contributed by atoms with Crippen LogP contribution in [0.1, 0.15) is 23.6 Å². The van der Waals surface area contributed by atoms with E-state index < -0.39 is 5.56 Å². The molecule has 0 unspecified atom stereocenters. The van der Waals surface area contributed by atoms with Gasteiger partial charge in [0.05, 0.1) is 18.8 Å². The molecule has 0 atom stereocenters. The first-order valence-corrected chi connectivity index (χ1v) is 9.10. The SMILES string of the molecule is CCOc1ccc(N=Nc2c(C)c(C#N)c(O)n(Cc3ccccc3)c2=O)cc1. The Balaban J connectivity index is 2.03. The Labute approximate surface area is 168 Å². The van der Waals surface area contributed by atoms with E-state index in [1.807, 2.05) is 43.3 Å². The molecule has 0 aliphatic heterocycles. The monoisotopic (exact) mass is 388 g/mol. The van der Waals surface area contributed by atoms with Gasteiger partial charge in [-0.1, -0.05) is 30.3 Å². The second-order valence-corrected chi connectivity index (χ2v) is 6.29. The van der Waals surface area contributed by atoms with Crippen molar-refractivity contribution in [3.05, 3.63) is 81.6 Å². The minimum atomic E-state index is -0.516. The topological polar surface area (TPSA) is 100.0 Å². The van der Waals surface area contributed by atoms with Gasteiger partial charge >= 0.3 is 0 Å². The van der Waals surface area contributed by atoms with E-state index in [2.05, 4.69) is 10.2 Å². The Hall–Kier alpha value is -3.92. The fourth-order valence-electron chi connectivity index (χ4n) is 2.85. The van der Waals surface area contributed by atoms with E-state index in [0.717, 1.165) is 10.1 Å². The maximum absolute atomic E-state index is 13.0. The minimum absolute atomic E-state index is 0.00109. The Morgan fingerprint density at radius 3 is 2.41 bits per heavy atom. The minimum Gasteiger partial charge on any atom is -0.494 e. The van der Waals surface area contributed by atoms with Crippen LogP contribution in [0.3, 0.4) is 0 Å². The van der Waals surface area contributed by atoms with Crippen molar-refractivity contribution in [1.29, 1.82) is 5.26 Å². The van der Waals surface area contributed by atoms with Crippen molar-refractivity contribution in [3.63, 3.8) is 0 Å². The zero-order chi connectivity index (χ0) is 20.8. The molecule has 0 aliphatic rings. The molecule has 0 fully saturated rings. The number of rotatable bonds is 6. The number of nitrogens with zero attached hydrogens (tertiary/aromatic N) is 4. The molecule has 1 heterocycles. The number of benzene rings is 2. The van der Waals surface area contributed by atoms with Crippen LogP contribution < -0.4 is 10.3 Å². The summed E-state index contributed by atoms with van der Waals surface area (Å²) in [6.07, 6.45) is 0. The van der Waals surface area contributed by atoms with Gasteiger partial charge in [0.2, 0.25) is 5.88 Å². The Kier molecular flexibility index (Phi) is 6.05. The summed E-state index contributed by atoms with van der Waals surface area (Å²) < 4.78 is 6.52. The standard InChI is InChI=1S/C22H20N4O3/c1-3-29-18-11-9-17(10-12-18)24-25-20-15(2)19(13-23)21(27)26(22(20)28)14-16-7-5-4-6-8-16/h4-12,27H,3,14H2,1-2H3. The maximum Gasteiger partial charge on any atom is 0.281 e. The highest BCUT2D eigenvalue weighted by Gasteiger charge is 2.19. The predicted octanol–water partition coefficient (Wildman–Crippen LogP) is 4.60. The van der Waals surface area contributed by atoms with Gasteiger partial charge in [-0.05, 0) is 43.7 Å². The van der Waals surface area contributed by atoms with Crippen molar-refractivity contribution >= 4 is 11.4 Å². The van der Waals surface area contributed by atoms with Gasteiger partial charge in [0, 0.05) is 5.56 Å². The third-order valence-electron chi connectivity index (χ3n) is 4.37. The highest BCUT2D eigenvalue weighted by molar-refractivity contribution is 5.57. The first kappa shape index (κ1) is 19.8. The first-order valence-electron chi connectivity index (χ1n) is 9.10. The molecule has 0 radical (unpaired) electrons. The van der Waals surface area contributed by atoms with Gasteiger partial charge in [-0.2, -0.15) is 10.4 Å². The number of aromatic hydroxyl groups is 1. The molecule has 0 aliphatic carbocycles. The lowest BCUT2D eigenvalue weighted by molar-refractivity contribution is 0.340. The van der Waals surface area contributed by atoms with Crippen molar-refractivity contribution in [2.75, 3.05) is 6.61 Å². The first-order chi connectivity index (χ1) is 14.0. The lowest BCUT2D eigenvalue weighted by atomic mass is 10.1. The normalized spacial score (nSPS) is 10.8. The van der Waals surface area contributed by atoms with E-state index in [0.29, 0.717) is 18.0 Å². The molecular weight excluding hydrogens is 368 g/mol. The van der Waals surface area contributed by atoms with Crippen LogP contribution in [0.4, 0.5) is 11.4 Å². The molecule has 0 saturated carbocycles. The quantitative estimate of drug-likeness (QED) is 0.624. The third-order valence-corrected chi connectivity index (χ3v) is 4.37. The molecule has 1 aromatic heterocycles. The van der Waals surface area contributed by atoms with Crippen LogP contribution >= 0.6 is 0 Å². The molecular formula is C22H20N4O3. The predicted molar refractivity (Wildman–Crippen MR) is 109 cm³/mol. The molecule has 29 heavy (non-hydrogen) atoms. The van der Waals surface area contributed by atoms with Gasteiger partial charge in [0.1, 0.15) is 17.4 Å². The highest BCUT2D eigenvalue weighted by atomic mass is 16.5. The van der Waals surface area contributed by atoms with E-state index >= 15 is 0 Å². The van der Waals surface area contributed by atoms with E-state index in [1.54, 1.807) is 31.2 Å². The van der Waals surface area contributed by atoms with Crippen molar-refractivity contribution in [3.8, 4) is 17.7 Å². The average molecular weight is 388 g/mol. The smallest absolute Gasteiger partial charge is 0.281 e. The van der Waals surface area contributed by atoms with Gasteiger partial charge in [-0.15, -0.1) is 5.11 Å². The Bertz CT molecular complexity index is 1130. The van der Waals surface area contributed by atoms with E-state index in [1.165, 1.54) is 0 Å². The molecule has 0 amide bonds. The Morgan fingerprint density at radius 1 is 1.10 bits per heavy atom. The van der Waals surface area contributed by atoms with Crippen LogP contribution in [0.25, 0.3) is 0 Å².